The van der Waals surface area contributed by atoms with Gasteiger partial charge in [-0.3, -0.25) is 9.69 Å². The standard InChI is InChI=1S/C14H27N3O/c1-11(13(18)16-12-5-3-4-6-12)17-8-7-14(2,9-15)10-17/h11-12H,3-10,15H2,1-2H3,(H,16,18). The van der Waals surface area contributed by atoms with Crippen molar-refractivity contribution in [2.45, 2.75) is 58.0 Å². The number of carbonyl (C=O) groups excluding carboxylic acids is 1. The SMILES string of the molecule is CC(C(=O)NC1CCCC1)N1CCC(C)(CN)C1. The van der Waals surface area contributed by atoms with Crippen LogP contribution in [0, 0.1) is 5.41 Å². The molecule has 2 fully saturated rings. The van der Waals surface area contributed by atoms with Crippen molar-refractivity contribution in [2.24, 2.45) is 11.1 Å². The van der Waals surface area contributed by atoms with Gasteiger partial charge in [0.15, 0.2) is 0 Å². The van der Waals surface area contributed by atoms with E-state index in [0.717, 1.165) is 32.4 Å². The van der Waals surface area contributed by atoms with Crippen molar-refractivity contribution in [1.82, 2.24) is 10.2 Å². The van der Waals surface area contributed by atoms with Crippen LogP contribution in [0.3, 0.4) is 0 Å². The van der Waals surface area contributed by atoms with Crippen molar-refractivity contribution >= 4 is 5.91 Å². The van der Waals surface area contributed by atoms with Gasteiger partial charge in [-0.1, -0.05) is 19.8 Å². The van der Waals surface area contributed by atoms with Crippen molar-refractivity contribution in [1.29, 1.82) is 0 Å². The largest absolute Gasteiger partial charge is 0.352 e. The molecule has 0 spiro atoms. The summed E-state index contributed by atoms with van der Waals surface area (Å²) >= 11 is 0. The van der Waals surface area contributed by atoms with Gasteiger partial charge in [-0.2, -0.15) is 0 Å². The normalized spacial score (nSPS) is 31.7. The van der Waals surface area contributed by atoms with Crippen LogP contribution in [-0.4, -0.2) is 42.5 Å². The summed E-state index contributed by atoms with van der Waals surface area (Å²) in [4.78, 5) is 14.5. The molecule has 1 heterocycles. The smallest absolute Gasteiger partial charge is 0.237 e. The first kappa shape index (κ1) is 13.8. The molecule has 3 N–H and O–H groups in total. The molecule has 4 heteroatoms. The second kappa shape index (κ2) is 5.57. The van der Waals surface area contributed by atoms with Crippen LogP contribution in [0.25, 0.3) is 0 Å². The average Bonchev–Trinajstić information content (AvgIpc) is 2.98. The molecule has 0 aromatic heterocycles. The van der Waals surface area contributed by atoms with Crippen LogP contribution in [-0.2, 0) is 4.79 Å². The van der Waals surface area contributed by atoms with Crippen molar-refractivity contribution in [2.75, 3.05) is 19.6 Å². The Morgan fingerprint density at radius 2 is 2.17 bits per heavy atom. The number of hydrogen-bond donors (Lipinski definition) is 2. The van der Waals surface area contributed by atoms with Gasteiger partial charge in [-0.05, 0) is 44.7 Å². The van der Waals surface area contributed by atoms with Gasteiger partial charge in [-0.25, -0.2) is 0 Å². The topological polar surface area (TPSA) is 58.4 Å². The second-order valence-electron chi connectivity index (χ2n) is 6.40. The Balaban J connectivity index is 1.83. The molecular weight excluding hydrogens is 226 g/mol. The number of nitrogens with zero attached hydrogens (tertiary/aromatic N) is 1. The number of nitrogens with two attached hydrogens (primary N) is 1. The molecule has 18 heavy (non-hydrogen) atoms. The molecule has 0 radical (unpaired) electrons. The maximum absolute atomic E-state index is 12.2. The Morgan fingerprint density at radius 1 is 1.50 bits per heavy atom. The lowest BCUT2D eigenvalue weighted by Crippen LogP contribution is -2.47. The van der Waals surface area contributed by atoms with Gasteiger partial charge in [0.1, 0.15) is 0 Å². The van der Waals surface area contributed by atoms with Crippen molar-refractivity contribution in [3.05, 3.63) is 0 Å². The third-order valence-corrected chi connectivity index (χ3v) is 4.71. The predicted octanol–water partition coefficient (Wildman–Crippen LogP) is 1.10. The number of carbonyl (C=O) groups is 1. The van der Waals surface area contributed by atoms with Gasteiger partial charge in [-0.15, -0.1) is 0 Å². The summed E-state index contributed by atoms with van der Waals surface area (Å²) in [5.41, 5.74) is 6.01. The fraction of sp³-hybridized carbons (Fsp3) is 0.929. The number of amides is 1. The molecule has 2 atom stereocenters. The van der Waals surface area contributed by atoms with Crippen LogP contribution < -0.4 is 11.1 Å². The third kappa shape index (κ3) is 3.04. The maximum atomic E-state index is 12.2. The van der Waals surface area contributed by atoms with Crippen LogP contribution in [0.1, 0.15) is 46.0 Å². The summed E-state index contributed by atoms with van der Waals surface area (Å²) in [5.74, 6) is 0.197. The zero-order valence-electron chi connectivity index (χ0n) is 11.7. The summed E-state index contributed by atoms with van der Waals surface area (Å²) < 4.78 is 0. The molecule has 104 valence electrons. The Hall–Kier alpha value is -0.610. The van der Waals surface area contributed by atoms with Gasteiger partial charge in [0.25, 0.3) is 0 Å². The van der Waals surface area contributed by atoms with E-state index in [1.165, 1.54) is 12.8 Å². The van der Waals surface area contributed by atoms with E-state index < -0.39 is 0 Å². The average molecular weight is 253 g/mol. The fourth-order valence-electron chi connectivity index (χ4n) is 3.12. The lowest BCUT2D eigenvalue weighted by atomic mass is 9.90. The first-order valence-electron chi connectivity index (χ1n) is 7.28. The number of nitrogens with one attached hydrogen (secondary N) is 1. The number of likely N-dealkylation sites (tertiary alicyclic amines) is 1. The zero-order chi connectivity index (χ0) is 13.2. The van der Waals surface area contributed by atoms with Crippen LogP contribution >= 0.6 is 0 Å². The van der Waals surface area contributed by atoms with Crippen molar-refractivity contribution < 1.29 is 4.79 Å². The molecule has 1 saturated carbocycles. The summed E-state index contributed by atoms with van der Waals surface area (Å²) in [6.07, 6.45) is 5.92. The zero-order valence-corrected chi connectivity index (χ0v) is 11.7. The molecule has 1 amide bonds. The fourth-order valence-corrected chi connectivity index (χ4v) is 3.12. The number of hydrogen-bond acceptors (Lipinski definition) is 3. The number of rotatable bonds is 4. The highest BCUT2D eigenvalue weighted by Gasteiger charge is 2.36. The van der Waals surface area contributed by atoms with Crippen molar-refractivity contribution in [3.8, 4) is 0 Å². The lowest BCUT2D eigenvalue weighted by Gasteiger charge is -2.27. The quantitative estimate of drug-likeness (QED) is 0.789. The van der Waals surface area contributed by atoms with Gasteiger partial charge in [0, 0.05) is 12.6 Å². The second-order valence-corrected chi connectivity index (χ2v) is 6.40. The van der Waals surface area contributed by atoms with Gasteiger partial charge >= 0.3 is 0 Å². The first-order chi connectivity index (χ1) is 8.54. The first-order valence-corrected chi connectivity index (χ1v) is 7.28. The summed E-state index contributed by atoms with van der Waals surface area (Å²) in [7, 11) is 0. The van der Waals surface area contributed by atoms with E-state index in [9.17, 15) is 4.79 Å². The molecular formula is C14H27N3O. The molecule has 2 unspecified atom stereocenters. The molecule has 1 aliphatic carbocycles. The minimum atomic E-state index is -0.0148. The van der Waals surface area contributed by atoms with Crippen LogP contribution in [0.5, 0.6) is 0 Å². The summed E-state index contributed by atoms with van der Waals surface area (Å²) in [6, 6.07) is 0.405. The Kier molecular flexibility index (Phi) is 4.28. The highest BCUT2D eigenvalue weighted by Crippen LogP contribution is 2.29. The van der Waals surface area contributed by atoms with E-state index in [0.29, 0.717) is 12.6 Å². The maximum Gasteiger partial charge on any atom is 0.237 e. The highest BCUT2D eigenvalue weighted by atomic mass is 16.2. The van der Waals surface area contributed by atoms with Crippen LogP contribution in [0.4, 0.5) is 0 Å². The van der Waals surface area contributed by atoms with Crippen molar-refractivity contribution in [3.63, 3.8) is 0 Å². The minimum absolute atomic E-state index is 0.0148. The molecule has 0 aromatic rings. The molecule has 1 aliphatic heterocycles. The van der Waals surface area contributed by atoms with Gasteiger partial charge in [0.2, 0.25) is 5.91 Å². The Bertz CT molecular complexity index is 301. The van der Waals surface area contributed by atoms with E-state index >= 15 is 0 Å². The summed E-state index contributed by atoms with van der Waals surface area (Å²) in [5, 5.41) is 3.19. The lowest BCUT2D eigenvalue weighted by molar-refractivity contribution is -0.126. The predicted molar refractivity (Wildman–Crippen MR) is 73.2 cm³/mol. The molecule has 4 nitrogen and oxygen atoms in total. The molecule has 0 bridgehead atoms. The van der Waals surface area contributed by atoms with E-state index in [4.69, 9.17) is 5.73 Å². The van der Waals surface area contributed by atoms with E-state index in [1.54, 1.807) is 0 Å². The minimum Gasteiger partial charge on any atom is -0.352 e. The monoisotopic (exact) mass is 253 g/mol. The Labute approximate surface area is 110 Å². The van der Waals surface area contributed by atoms with Gasteiger partial charge in [0.05, 0.1) is 6.04 Å². The third-order valence-electron chi connectivity index (χ3n) is 4.71. The summed E-state index contributed by atoms with van der Waals surface area (Å²) in [6.45, 7) is 6.89. The van der Waals surface area contributed by atoms with Crippen LogP contribution in [0.15, 0.2) is 0 Å². The molecule has 0 aromatic carbocycles. The van der Waals surface area contributed by atoms with E-state index in [-0.39, 0.29) is 17.4 Å². The van der Waals surface area contributed by atoms with E-state index in [1.807, 2.05) is 6.92 Å². The molecule has 1 saturated heterocycles. The molecule has 2 aliphatic rings. The van der Waals surface area contributed by atoms with Crippen LogP contribution in [0.2, 0.25) is 0 Å². The van der Waals surface area contributed by atoms with E-state index in [2.05, 4.69) is 17.1 Å². The highest BCUT2D eigenvalue weighted by molar-refractivity contribution is 5.81. The Morgan fingerprint density at radius 3 is 2.72 bits per heavy atom. The molecule has 2 rings (SSSR count). The van der Waals surface area contributed by atoms with Gasteiger partial charge < -0.3 is 11.1 Å².